The maximum Gasteiger partial charge on any atom is 0.311 e. The van der Waals surface area contributed by atoms with Gasteiger partial charge in [-0.05, 0) is 37.7 Å². The summed E-state index contributed by atoms with van der Waals surface area (Å²) in [6.07, 6.45) is 4.89. The van der Waals surface area contributed by atoms with Crippen LogP contribution >= 0.6 is 11.3 Å². The van der Waals surface area contributed by atoms with Crippen LogP contribution in [0.15, 0.2) is 5.38 Å². The molecule has 4 rings (SSSR count). The van der Waals surface area contributed by atoms with E-state index in [4.69, 9.17) is 4.74 Å². The molecule has 1 aromatic rings. The SMILES string of the molecule is O=C(c1csc2c1CCCC2)N1C[C@H]2COCC[C@@]2(C(=O)O)C1. The van der Waals surface area contributed by atoms with Gasteiger partial charge in [-0.3, -0.25) is 9.59 Å². The summed E-state index contributed by atoms with van der Waals surface area (Å²) in [5, 5.41) is 11.7. The molecule has 1 aliphatic carbocycles. The topological polar surface area (TPSA) is 66.8 Å². The van der Waals surface area contributed by atoms with Crippen LogP contribution in [0.2, 0.25) is 0 Å². The van der Waals surface area contributed by atoms with Gasteiger partial charge in [0.1, 0.15) is 0 Å². The molecule has 1 amide bonds. The number of rotatable bonds is 2. The third-order valence-electron chi connectivity index (χ3n) is 5.71. The monoisotopic (exact) mass is 335 g/mol. The number of carbonyl (C=O) groups is 2. The third-order valence-corrected chi connectivity index (χ3v) is 6.80. The number of carboxylic acid groups (broad SMARTS) is 1. The normalized spacial score (nSPS) is 29.9. The second-order valence-corrected chi connectivity index (χ2v) is 7.89. The molecule has 0 aromatic carbocycles. The predicted molar refractivity (Wildman–Crippen MR) is 85.9 cm³/mol. The Morgan fingerprint density at radius 1 is 1.35 bits per heavy atom. The number of likely N-dealkylation sites (tertiary alicyclic amines) is 1. The lowest BCUT2D eigenvalue weighted by atomic mass is 9.74. The molecule has 2 saturated heterocycles. The summed E-state index contributed by atoms with van der Waals surface area (Å²) < 4.78 is 5.47. The van der Waals surface area contributed by atoms with Gasteiger partial charge in [-0.15, -0.1) is 11.3 Å². The van der Waals surface area contributed by atoms with Crippen molar-refractivity contribution in [3.8, 4) is 0 Å². The molecule has 1 aromatic heterocycles. The Labute approximate surface area is 139 Å². The quantitative estimate of drug-likeness (QED) is 0.900. The molecule has 2 fully saturated rings. The first-order valence-electron chi connectivity index (χ1n) is 8.31. The number of ether oxygens (including phenoxy) is 1. The summed E-state index contributed by atoms with van der Waals surface area (Å²) >= 11 is 1.68. The molecular weight excluding hydrogens is 314 g/mol. The maximum atomic E-state index is 13.0. The van der Waals surface area contributed by atoms with E-state index < -0.39 is 11.4 Å². The molecular formula is C17H21NO4S. The lowest BCUT2D eigenvalue weighted by Crippen LogP contribution is -2.45. The van der Waals surface area contributed by atoms with Crippen LogP contribution in [0.1, 0.15) is 40.1 Å². The zero-order valence-corrected chi connectivity index (χ0v) is 13.9. The number of carboxylic acids is 1. The van der Waals surface area contributed by atoms with Gasteiger partial charge in [-0.1, -0.05) is 0 Å². The van der Waals surface area contributed by atoms with Crippen molar-refractivity contribution in [1.82, 2.24) is 4.90 Å². The Morgan fingerprint density at radius 2 is 2.17 bits per heavy atom. The van der Waals surface area contributed by atoms with Crippen LogP contribution in [-0.2, 0) is 22.4 Å². The Kier molecular flexibility index (Phi) is 3.69. The number of aliphatic carboxylic acids is 1. The molecule has 6 heteroatoms. The molecule has 5 nitrogen and oxygen atoms in total. The summed E-state index contributed by atoms with van der Waals surface area (Å²) in [6, 6.07) is 0. The number of aryl methyl sites for hydroxylation is 1. The highest BCUT2D eigenvalue weighted by Crippen LogP contribution is 2.43. The molecule has 0 bridgehead atoms. The molecule has 2 atom stereocenters. The van der Waals surface area contributed by atoms with Crippen LogP contribution in [0.5, 0.6) is 0 Å². The van der Waals surface area contributed by atoms with Crippen molar-refractivity contribution in [3.05, 3.63) is 21.4 Å². The zero-order chi connectivity index (χ0) is 16.0. The number of fused-ring (bicyclic) bond motifs is 2. The smallest absolute Gasteiger partial charge is 0.311 e. The van der Waals surface area contributed by atoms with Gasteiger partial charge in [0.05, 0.1) is 17.6 Å². The number of amides is 1. The van der Waals surface area contributed by atoms with Gasteiger partial charge in [0, 0.05) is 35.9 Å². The van der Waals surface area contributed by atoms with E-state index in [1.165, 1.54) is 16.9 Å². The first kappa shape index (κ1) is 15.1. The largest absolute Gasteiger partial charge is 0.481 e. The average molecular weight is 335 g/mol. The summed E-state index contributed by atoms with van der Waals surface area (Å²) in [7, 11) is 0. The van der Waals surface area contributed by atoms with E-state index in [0.717, 1.165) is 24.8 Å². The highest BCUT2D eigenvalue weighted by Gasteiger charge is 2.55. The second-order valence-electron chi connectivity index (χ2n) is 6.93. The molecule has 0 spiro atoms. The highest BCUT2D eigenvalue weighted by molar-refractivity contribution is 7.10. The molecule has 0 unspecified atom stereocenters. The Balaban J connectivity index is 1.60. The van der Waals surface area contributed by atoms with Gasteiger partial charge >= 0.3 is 5.97 Å². The predicted octanol–water partition coefficient (Wildman–Crippen LogP) is 2.19. The van der Waals surface area contributed by atoms with E-state index in [1.54, 1.807) is 16.2 Å². The first-order valence-corrected chi connectivity index (χ1v) is 9.19. The van der Waals surface area contributed by atoms with Gasteiger partial charge in [0.25, 0.3) is 5.91 Å². The minimum Gasteiger partial charge on any atom is -0.481 e. The van der Waals surface area contributed by atoms with E-state index in [1.807, 2.05) is 5.38 Å². The number of carbonyl (C=O) groups excluding carboxylic acids is 1. The van der Waals surface area contributed by atoms with Crippen LogP contribution in [0, 0.1) is 11.3 Å². The van der Waals surface area contributed by atoms with Crippen molar-refractivity contribution in [1.29, 1.82) is 0 Å². The van der Waals surface area contributed by atoms with Gasteiger partial charge < -0.3 is 14.7 Å². The summed E-state index contributed by atoms with van der Waals surface area (Å²) in [5.41, 5.74) is 1.20. The van der Waals surface area contributed by atoms with E-state index in [0.29, 0.717) is 32.7 Å². The highest BCUT2D eigenvalue weighted by atomic mass is 32.1. The van der Waals surface area contributed by atoms with Gasteiger partial charge in [0.15, 0.2) is 0 Å². The zero-order valence-electron chi connectivity index (χ0n) is 13.0. The standard InChI is InChI=1S/C17H21NO4S/c19-15(13-9-23-14-4-2-1-3-12(13)14)18-7-11-8-22-6-5-17(11,10-18)16(20)21/h9,11H,1-8,10H2,(H,20,21)/t11-,17+/m0/s1. The Morgan fingerprint density at radius 3 is 2.96 bits per heavy atom. The van der Waals surface area contributed by atoms with E-state index in [-0.39, 0.29) is 11.8 Å². The van der Waals surface area contributed by atoms with E-state index >= 15 is 0 Å². The number of hydrogen-bond donors (Lipinski definition) is 1. The van der Waals surface area contributed by atoms with Gasteiger partial charge in [-0.25, -0.2) is 0 Å². The van der Waals surface area contributed by atoms with Crippen LogP contribution in [-0.4, -0.2) is 48.2 Å². The molecule has 124 valence electrons. The Bertz CT molecular complexity index is 655. The fourth-order valence-electron chi connectivity index (χ4n) is 4.30. The molecule has 1 N–H and O–H groups in total. The lowest BCUT2D eigenvalue weighted by Gasteiger charge is -2.33. The summed E-state index contributed by atoms with van der Waals surface area (Å²) in [5.74, 6) is -0.861. The van der Waals surface area contributed by atoms with Crippen molar-refractivity contribution in [2.75, 3.05) is 26.3 Å². The lowest BCUT2D eigenvalue weighted by molar-refractivity contribution is -0.157. The minimum absolute atomic E-state index is 0.0134. The number of thiophene rings is 1. The fraction of sp³-hybridized carbons (Fsp3) is 0.647. The summed E-state index contributed by atoms with van der Waals surface area (Å²) in [6.45, 7) is 1.73. The molecule has 3 aliphatic rings. The Hall–Kier alpha value is -1.40. The van der Waals surface area contributed by atoms with E-state index in [9.17, 15) is 14.7 Å². The molecule has 0 saturated carbocycles. The molecule has 2 aliphatic heterocycles. The van der Waals surface area contributed by atoms with Crippen LogP contribution in [0.4, 0.5) is 0 Å². The first-order chi connectivity index (χ1) is 11.1. The van der Waals surface area contributed by atoms with Crippen molar-refractivity contribution < 1.29 is 19.4 Å². The molecule has 23 heavy (non-hydrogen) atoms. The number of nitrogens with zero attached hydrogens (tertiary/aromatic N) is 1. The van der Waals surface area contributed by atoms with Crippen LogP contribution < -0.4 is 0 Å². The minimum atomic E-state index is -0.815. The van der Waals surface area contributed by atoms with Crippen LogP contribution in [0.25, 0.3) is 0 Å². The average Bonchev–Trinajstić information content (AvgIpc) is 3.16. The second kappa shape index (κ2) is 5.60. The maximum absolute atomic E-state index is 13.0. The summed E-state index contributed by atoms with van der Waals surface area (Å²) in [4.78, 5) is 27.9. The van der Waals surface area contributed by atoms with Crippen molar-refractivity contribution in [3.63, 3.8) is 0 Å². The van der Waals surface area contributed by atoms with Crippen molar-refractivity contribution >= 4 is 23.2 Å². The fourth-order valence-corrected chi connectivity index (χ4v) is 5.42. The van der Waals surface area contributed by atoms with Gasteiger partial charge in [-0.2, -0.15) is 0 Å². The van der Waals surface area contributed by atoms with Gasteiger partial charge in [0.2, 0.25) is 0 Å². The van der Waals surface area contributed by atoms with Crippen molar-refractivity contribution in [2.24, 2.45) is 11.3 Å². The molecule has 3 heterocycles. The third kappa shape index (κ3) is 2.31. The number of hydrogen-bond acceptors (Lipinski definition) is 4. The van der Waals surface area contributed by atoms with E-state index in [2.05, 4.69) is 0 Å². The molecule has 0 radical (unpaired) electrons. The van der Waals surface area contributed by atoms with Crippen LogP contribution in [0.3, 0.4) is 0 Å². The van der Waals surface area contributed by atoms with Crippen molar-refractivity contribution in [2.45, 2.75) is 32.1 Å².